The summed E-state index contributed by atoms with van der Waals surface area (Å²) in [7, 11) is 0. The van der Waals surface area contributed by atoms with Crippen LogP contribution in [0.1, 0.15) is 60.2 Å². The van der Waals surface area contributed by atoms with Gasteiger partial charge in [0.05, 0.1) is 30.5 Å². The Morgan fingerprint density at radius 1 is 1.21 bits per heavy atom. The molecule has 2 aromatic heterocycles. The van der Waals surface area contributed by atoms with Crippen LogP contribution in [0.3, 0.4) is 0 Å². The van der Waals surface area contributed by atoms with Crippen molar-refractivity contribution < 1.29 is 4.74 Å². The van der Waals surface area contributed by atoms with Crippen molar-refractivity contribution >= 4 is 5.82 Å². The number of aryl methyl sites for hydroxylation is 2. The largest absolute Gasteiger partial charge is 0.377 e. The third-order valence-electron chi connectivity index (χ3n) is 5.95. The van der Waals surface area contributed by atoms with Crippen molar-refractivity contribution in [2.45, 2.75) is 56.5 Å². The summed E-state index contributed by atoms with van der Waals surface area (Å²) in [4.78, 5) is 17.2. The molecule has 1 saturated heterocycles. The van der Waals surface area contributed by atoms with Crippen molar-refractivity contribution in [3.8, 4) is 6.07 Å². The Morgan fingerprint density at radius 3 is 2.89 bits per heavy atom. The predicted molar refractivity (Wildman–Crippen MR) is 103 cm³/mol. The van der Waals surface area contributed by atoms with E-state index < -0.39 is 0 Å². The van der Waals surface area contributed by atoms with Crippen LogP contribution in [-0.4, -0.2) is 34.0 Å². The molecule has 7 heteroatoms. The molecule has 2 aromatic rings. The highest BCUT2D eigenvalue weighted by Crippen LogP contribution is 2.38. The van der Waals surface area contributed by atoms with Crippen molar-refractivity contribution in [2.24, 2.45) is 0 Å². The second-order valence-electron chi connectivity index (χ2n) is 7.98. The van der Waals surface area contributed by atoms with Crippen LogP contribution in [0.2, 0.25) is 0 Å². The smallest absolute Gasteiger partial charge is 0.267 e. The van der Waals surface area contributed by atoms with E-state index in [1.165, 1.54) is 5.56 Å². The fourth-order valence-electron chi connectivity index (χ4n) is 4.20. The van der Waals surface area contributed by atoms with Crippen LogP contribution < -0.4 is 10.9 Å². The first-order valence-electron chi connectivity index (χ1n) is 10.1. The van der Waals surface area contributed by atoms with Crippen molar-refractivity contribution in [1.29, 1.82) is 5.26 Å². The van der Waals surface area contributed by atoms with Gasteiger partial charge in [0.15, 0.2) is 0 Å². The van der Waals surface area contributed by atoms with E-state index in [4.69, 9.17) is 9.72 Å². The van der Waals surface area contributed by atoms with Crippen LogP contribution in [0.15, 0.2) is 23.0 Å². The molecule has 2 aliphatic carbocycles. The zero-order chi connectivity index (χ0) is 19.1. The molecule has 3 heterocycles. The summed E-state index contributed by atoms with van der Waals surface area (Å²) in [5, 5.41) is 17.6. The lowest BCUT2D eigenvalue weighted by Crippen LogP contribution is -2.38. The van der Waals surface area contributed by atoms with Crippen molar-refractivity contribution in [2.75, 3.05) is 18.5 Å². The number of fused-ring (bicyclic) bond motifs is 1. The molecule has 0 amide bonds. The lowest BCUT2D eigenvalue weighted by atomic mass is 9.95. The van der Waals surface area contributed by atoms with E-state index in [9.17, 15) is 10.1 Å². The maximum atomic E-state index is 12.5. The van der Waals surface area contributed by atoms with Crippen molar-refractivity contribution in [1.82, 2.24) is 14.8 Å². The highest BCUT2D eigenvalue weighted by molar-refractivity contribution is 5.55. The van der Waals surface area contributed by atoms with Crippen LogP contribution in [0.4, 0.5) is 5.82 Å². The molecule has 0 aromatic carbocycles. The van der Waals surface area contributed by atoms with E-state index >= 15 is 0 Å². The maximum Gasteiger partial charge on any atom is 0.267 e. The molecule has 3 aliphatic rings. The van der Waals surface area contributed by atoms with E-state index in [0.29, 0.717) is 30.5 Å². The summed E-state index contributed by atoms with van der Waals surface area (Å²) >= 11 is 0. The van der Waals surface area contributed by atoms with E-state index in [1.54, 1.807) is 10.7 Å². The molecule has 144 valence electrons. The Morgan fingerprint density at radius 2 is 2.07 bits per heavy atom. The third kappa shape index (κ3) is 3.18. The minimum atomic E-state index is -0.212. The second kappa shape index (κ2) is 7.02. The van der Waals surface area contributed by atoms with E-state index in [1.807, 2.05) is 12.1 Å². The average Bonchev–Trinajstić information content (AvgIpc) is 3.47. The molecule has 0 bridgehead atoms. The Bertz CT molecular complexity index is 1000. The Labute approximate surface area is 163 Å². The first-order valence-corrected chi connectivity index (χ1v) is 10.1. The summed E-state index contributed by atoms with van der Waals surface area (Å²) in [6, 6.07) is 7.31. The number of nitrogens with zero attached hydrogens (tertiary/aromatic N) is 4. The zero-order valence-electron chi connectivity index (χ0n) is 15.7. The SMILES string of the molecule is N#Cc1cc2c(nc1NC1COCC1n1nc(C3CC3)ccc1=O)CCCC2. The van der Waals surface area contributed by atoms with Gasteiger partial charge in [-0.2, -0.15) is 10.4 Å². The molecule has 5 rings (SSSR count). The third-order valence-corrected chi connectivity index (χ3v) is 5.95. The van der Waals surface area contributed by atoms with Gasteiger partial charge in [-0.25, -0.2) is 9.67 Å². The monoisotopic (exact) mass is 377 g/mol. The summed E-state index contributed by atoms with van der Waals surface area (Å²) < 4.78 is 7.24. The van der Waals surface area contributed by atoms with Gasteiger partial charge >= 0.3 is 0 Å². The van der Waals surface area contributed by atoms with Gasteiger partial charge in [0.2, 0.25) is 0 Å². The van der Waals surface area contributed by atoms with E-state index in [-0.39, 0.29) is 17.6 Å². The van der Waals surface area contributed by atoms with Crippen LogP contribution in [0, 0.1) is 11.3 Å². The van der Waals surface area contributed by atoms with Crippen LogP contribution >= 0.6 is 0 Å². The zero-order valence-corrected chi connectivity index (χ0v) is 15.7. The summed E-state index contributed by atoms with van der Waals surface area (Å²) in [6.07, 6.45) is 6.49. The lowest BCUT2D eigenvalue weighted by molar-refractivity contribution is 0.182. The number of hydrogen-bond donors (Lipinski definition) is 1. The molecule has 28 heavy (non-hydrogen) atoms. The number of nitrogens with one attached hydrogen (secondary N) is 1. The molecule has 0 radical (unpaired) electrons. The average molecular weight is 377 g/mol. The minimum Gasteiger partial charge on any atom is -0.377 e. The van der Waals surface area contributed by atoms with Crippen LogP contribution in [0.5, 0.6) is 0 Å². The van der Waals surface area contributed by atoms with Crippen LogP contribution in [-0.2, 0) is 17.6 Å². The molecular formula is C21H23N5O2. The minimum absolute atomic E-state index is 0.120. The quantitative estimate of drug-likeness (QED) is 0.879. The van der Waals surface area contributed by atoms with Gasteiger partial charge in [-0.1, -0.05) is 0 Å². The molecule has 0 spiro atoms. The van der Waals surface area contributed by atoms with Gasteiger partial charge in [0, 0.05) is 17.7 Å². The number of nitriles is 1. The Balaban J connectivity index is 1.45. The molecule has 1 saturated carbocycles. The fourth-order valence-corrected chi connectivity index (χ4v) is 4.20. The molecule has 7 nitrogen and oxygen atoms in total. The standard InChI is InChI=1S/C21H23N5O2/c22-10-15-9-14-3-1-2-4-16(14)23-21(15)24-18-11-28-12-19(18)26-20(27)8-7-17(25-26)13-5-6-13/h7-9,13,18-19H,1-6,11-12H2,(H,23,24). The summed E-state index contributed by atoms with van der Waals surface area (Å²) in [5.41, 5.74) is 3.68. The Hall–Kier alpha value is -2.72. The first kappa shape index (κ1) is 17.4. The van der Waals surface area contributed by atoms with Gasteiger partial charge in [-0.15, -0.1) is 0 Å². The molecule has 2 unspecified atom stereocenters. The lowest BCUT2D eigenvalue weighted by Gasteiger charge is -2.23. The normalized spacial score (nSPS) is 23.8. The van der Waals surface area contributed by atoms with Gasteiger partial charge in [-0.05, 0) is 56.2 Å². The number of hydrogen-bond acceptors (Lipinski definition) is 6. The first-order chi connectivity index (χ1) is 13.7. The number of rotatable bonds is 4. The molecule has 2 fully saturated rings. The second-order valence-corrected chi connectivity index (χ2v) is 7.98. The number of anilines is 1. The fraction of sp³-hybridized carbons (Fsp3) is 0.524. The van der Waals surface area contributed by atoms with Crippen molar-refractivity contribution in [3.63, 3.8) is 0 Å². The predicted octanol–water partition coefficient (Wildman–Crippen LogP) is 2.32. The van der Waals surface area contributed by atoms with E-state index in [2.05, 4.69) is 16.5 Å². The number of pyridine rings is 1. The number of ether oxygens (including phenoxy) is 1. The maximum absolute atomic E-state index is 12.5. The topological polar surface area (TPSA) is 92.8 Å². The molecular weight excluding hydrogens is 354 g/mol. The van der Waals surface area contributed by atoms with Gasteiger partial charge < -0.3 is 10.1 Å². The highest BCUT2D eigenvalue weighted by atomic mass is 16.5. The van der Waals surface area contributed by atoms with Crippen LogP contribution in [0.25, 0.3) is 0 Å². The molecule has 1 N–H and O–H groups in total. The van der Waals surface area contributed by atoms with E-state index in [0.717, 1.165) is 49.9 Å². The number of aromatic nitrogens is 3. The summed E-state index contributed by atoms with van der Waals surface area (Å²) in [5.74, 6) is 1.07. The van der Waals surface area contributed by atoms with Gasteiger partial charge in [-0.3, -0.25) is 4.79 Å². The van der Waals surface area contributed by atoms with Gasteiger partial charge in [0.1, 0.15) is 17.9 Å². The van der Waals surface area contributed by atoms with Gasteiger partial charge in [0.25, 0.3) is 5.56 Å². The van der Waals surface area contributed by atoms with Crippen molar-refractivity contribution in [3.05, 3.63) is 51.1 Å². The molecule has 2 atom stereocenters. The molecule has 1 aliphatic heterocycles. The Kier molecular flexibility index (Phi) is 4.36. The highest BCUT2D eigenvalue weighted by Gasteiger charge is 2.34. The summed E-state index contributed by atoms with van der Waals surface area (Å²) in [6.45, 7) is 0.877.